The van der Waals surface area contributed by atoms with E-state index in [4.69, 9.17) is 15.0 Å². The van der Waals surface area contributed by atoms with Gasteiger partial charge in [0.25, 0.3) is 0 Å². The van der Waals surface area contributed by atoms with E-state index in [1.807, 2.05) is 23.5 Å². The zero-order valence-electron chi connectivity index (χ0n) is 33.5. The number of para-hydroxylation sites is 1. The lowest BCUT2D eigenvalue weighted by molar-refractivity contribution is 1.07. The van der Waals surface area contributed by atoms with Crippen LogP contribution in [0.3, 0.4) is 0 Å². The average molecular weight is 809 g/mol. The highest BCUT2D eigenvalue weighted by molar-refractivity contribution is 7.26. The number of nitrogens with zero attached hydrogens (tertiary/aromatic N) is 4. The van der Waals surface area contributed by atoms with Crippen LogP contribution in [0.2, 0.25) is 0 Å². The molecule has 0 atom stereocenters. The van der Waals surface area contributed by atoms with Crippen LogP contribution < -0.4 is 4.90 Å². The van der Waals surface area contributed by atoms with Crippen molar-refractivity contribution >= 4 is 59.7 Å². The fourth-order valence-corrected chi connectivity index (χ4v) is 10.2. The maximum Gasteiger partial charge on any atom is 0.164 e. The first kappa shape index (κ1) is 35.9. The van der Waals surface area contributed by atoms with Gasteiger partial charge < -0.3 is 4.90 Å². The van der Waals surface area contributed by atoms with Gasteiger partial charge >= 0.3 is 0 Å². The van der Waals surface area contributed by atoms with E-state index in [1.165, 1.54) is 47.8 Å². The molecule has 0 amide bonds. The number of hydrogen-bond donors (Lipinski definition) is 0. The maximum absolute atomic E-state index is 5.22. The summed E-state index contributed by atoms with van der Waals surface area (Å²) in [7, 11) is 0. The lowest BCUT2D eigenvalue weighted by atomic mass is 9.96. The zero-order valence-corrected chi connectivity index (χ0v) is 34.3. The molecule has 62 heavy (non-hydrogen) atoms. The zero-order chi connectivity index (χ0) is 41.0. The van der Waals surface area contributed by atoms with Gasteiger partial charge in [-0.2, -0.15) is 0 Å². The van der Waals surface area contributed by atoms with E-state index in [0.29, 0.717) is 17.5 Å². The van der Waals surface area contributed by atoms with Crippen molar-refractivity contribution in [2.75, 3.05) is 4.90 Å². The van der Waals surface area contributed by atoms with Gasteiger partial charge in [-0.1, -0.05) is 182 Å². The molecule has 1 aliphatic heterocycles. The van der Waals surface area contributed by atoms with E-state index in [2.05, 4.69) is 211 Å². The van der Waals surface area contributed by atoms with E-state index in [9.17, 15) is 0 Å². The van der Waals surface area contributed by atoms with Crippen LogP contribution in [0.4, 0.5) is 11.4 Å². The van der Waals surface area contributed by atoms with Crippen molar-refractivity contribution in [1.29, 1.82) is 0 Å². The van der Waals surface area contributed by atoms with Crippen LogP contribution in [-0.4, -0.2) is 15.0 Å². The standard InChI is InChI=1S/C57H36N4S/c1-4-15-38(16-5-1)45-23-10-12-25-48(45)56-58-55(59-57(60-56)49-26-13-11-24-46(49)39-17-6-2-7-18-39)41-29-27-37(28-30-41)42-31-32-47-50-35-43-20-14-19-40-33-34-61(44-21-8-3-9-22-44)53(52(40)43)54(50)62-51(47)36-42/h1-36H. The van der Waals surface area contributed by atoms with Crippen LogP contribution in [0.15, 0.2) is 212 Å². The monoisotopic (exact) mass is 808 g/mol. The second-order valence-electron chi connectivity index (χ2n) is 15.6. The fraction of sp³-hybridized carbons (Fsp3) is 0. The molecule has 1 aliphatic rings. The fourth-order valence-electron chi connectivity index (χ4n) is 8.92. The number of hydrogen-bond acceptors (Lipinski definition) is 5. The molecule has 0 aliphatic carbocycles. The SMILES string of the molecule is C1=CN(c2ccccc2)c2c3sc4cc(-c5ccc(-c6nc(-c7ccccc7-c7ccccc7)nc(-c7ccccc7-c7ccccc7)n6)cc5)ccc4c3cc3cccc1c23. The van der Waals surface area contributed by atoms with Crippen LogP contribution in [0.1, 0.15) is 5.56 Å². The molecule has 5 heteroatoms. The van der Waals surface area contributed by atoms with Crippen LogP contribution in [0.25, 0.3) is 105 Å². The van der Waals surface area contributed by atoms with E-state index >= 15 is 0 Å². The van der Waals surface area contributed by atoms with E-state index in [0.717, 1.165) is 50.2 Å². The Bertz CT molecular complexity index is 3400. The minimum atomic E-state index is 0.625. The van der Waals surface area contributed by atoms with Crippen LogP contribution in [0, 0.1) is 0 Å². The molecule has 0 spiro atoms. The van der Waals surface area contributed by atoms with E-state index < -0.39 is 0 Å². The molecule has 290 valence electrons. The summed E-state index contributed by atoms with van der Waals surface area (Å²) in [5.74, 6) is 1.89. The van der Waals surface area contributed by atoms with Gasteiger partial charge in [-0.05, 0) is 74.7 Å². The van der Waals surface area contributed by atoms with Crippen molar-refractivity contribution < 1.29 is 0 Å². The molecule has 0 fully saturated rings. The highest BCUT2D eigenvalue weighted by atomic mass is 32.1. The minimum Gasteiger partial charge on any atom is -0.315 e. The van der Waals surface area contributed by atoms with Crippen molar-refractivity contribution in [3.05, 3.63) is 218 Å². The molecule has 2 aromatic heterocycles. The molecular formula is C57H36N4S. The van der Waals surface area contributed by atoms with Gasteiger partial charge in [0, 0.05) is 49.4 Å². The number of aromatic nitrogens is 3. The molecule has 0 bridgehead atoms. The maximum atomic E-state index is 5.22. The second kappa shape index (κ2) is 14.9. The molecular weight excluding hydrogens is 773 g/mol. The Morgan fingerprint density at radius 3 is 1.58 bits per heavy atom. The summed E-state index contributed by atoms with van der Waals surface area (Å²) in [5.41, 5.74) is 13.2. The first-order chi connectivity index (χ1) is 30.7. The number of fused-ring (bicyclic) bond motifs is 4. The smallest absolute Gasteiger partial charge is 0.164 e. The topological polar surface area (TPSA) is 41.9 Å². The van der Waals surface area contributed by atoms with Gasteiger partial charge in [0.15, 0.2) is 17.5 Å². The predicted octanol–water partition coefficient (Wildman–Crippen LogP) is 15.5. The molecule has 9 aromatic carbocycles. The number of thiophene rings is 1. The molecule has 0 N–H and O–H groups in total. The Hall–Kier alpha value is -7.99. The van der Waals surface area contributed by atoms with E-state index in [1.54, 1.807) is 0 Å². The first-order valence-corrected chi connectivity index (χ1v) is 21.7. The Morgan fingerprint density at radius 2 is 0.935 bits per heavy atom. The number of rotatable bonds is 7. The lowest BCUT2D eigenvalue weighted by Crippen LogP contribution is -2.11. The van der Waals surface area contributed by atoms with Crippen molar-refractivity contribution in [3.63, 3.8) is 0 Å². The summed E-state index contributed by atoms with van der Waals surface area (Å²) < 4.78 is 2.56. The third kappa shape index (κ3) is 6.18. The molecule has 12 rings (SSSR count). The Balaban J connectivity index is 0.968. The van der Waals surface area contributed by atoms with Gasteiger partial charge in [0.1, 0.15) is 0 Å². The Kier molecular flexibility index (Phi) is 8.65. The quantitative estimate of drug-likeness (QED) is 0.161. The molecule has 0 unspecified atom stereocenters. The molecule has 3 heterocycles. The summed E-state index contributed by atoms with van der Waals surface area (Å²) in [6, 6.07) is 72.8. The molecule has 0 saturated carbocycles. The summed E-state index contributed by atoms with van der Waals surface area (Å²) in [6.45, 7) is 0. The number of benzene rings is 9. The van der Waals surface area contributed by atoms with Crippen LogP contribution >= 0.6 is 11.3 Å². The van der Waals surface area contributed by atoms with Gasteiger partial charge in [-0.3, -0.25) is 0 Å². The van der Waals surface area contributed by atoms with Crippen molar-refractivity contribution in [2.45, 2.75) is 0 Å². The third-order valence-electron chi connectivity index (χ3n) is 11.9. The van der Waals surface area contributed by atoms with Crippen molar-refractivity contribution in [2.24, 2.45) is 0 Å². The first-order valence-electron chi connectivity index (χ1n) is 20.8. The Labute approximate surface area is 363 Å². The third-order valence-corrected chi connectivity index (χ3v) is 13.1. The van der Waals surface area contributed by atoms with E-state index in [-0.39, 0.29) is 0 Å². The van der Waals surface area contributed by atoms with Crippen LogP contribution in [0.5, 0.6) is 0 Å². The molecule has 4 nitrogen and oxygen atoms in total. The highest BCUT2D eigenvalue weighted by Crippen LogP contribution is 2.49. The summed E-state index contributed by atoms with van der Waals surface area (Å²) in [6.07, 6.45) is 4.45. The lowest BCUT2D eigenvalue weighted by Gasteiger charge is -2.27. The average Bonchev–Trinajstić information content (AvgIpc) is 3.72. The molecule has 0 radical (unpaired) electrons. The van der Waals surface area contributed by atoms with Crippen molar-refractivity contribution in [1.82, 2.24) is 15.0 Å². The summed E-state index contributed by atoms with van der Waals surface area (Å²) in [4.78, 5) is 18.0. The second-order valence-corrected chi connectivity index (χ2v) is 16.6. The minimum absolute atomic E-state index is 0.625. The largest absolute Gasteiger partial charge is 0.315 e. The van der Waals surface area contributed by atoms with Gasteiger partial charge in [0.2, 0.25) is 0 Å². The molecule has 0 saturated heterocycles. The normalized spacial score (nSPS) is 12.1. The highest BCUT2D eigenvalue weighted by Gasteiger charge is 2.23. The molecule has 11 aromatic rings. The number of anilines is 2. The van der Waals surface area contributed by atoms with Gasteiger partial charge in [-0.15, -0.1) is 11.3 Å². The predicted molar refractivity (Wildman–Crippen MR) is 260 cm³/mol. The summed E-state index contributed by atoms with van der Waals surface area (Å²) >= 11 is 1.87. The van der Waals surface area contributed by atoms with Crippen LogP contribution in [-0.2, 0) is 0 Å². The summed E-state index contributed by atoms with van der Waals surface area (Å²) in [5, 5.41) is 5.11. The Morgan fingerprint density at radius 1 is 0.387 bits per heavy atom. The van der Waals surface area contributed by atoms with Gasteiger partial charge in [0.05, 0.1) is 10.4 Å². The van der Waals surface area contributed by atoms with Gasteiger partial charge in [-0.25, -0.2) is 15.0 Å². The van der Waals surface area contributed by atoms with Crippen molar-refractivity contribution in [3.8, 4) is 67.5 Å².